The molecule has 4 nitrogen and oxygen atoms in total. The number of aromatic carboxylic acids is 1. The normalized spacial score (nSPS) is 15.1. The van der Waals surface area contributed by atoms with Gasteiger partial charge in [0, 0.05) is 17.0 Å². The Morgan fingerprint density at radius 2 is 2.29 bits per heavy atom. The van der Waals surface area contributed by atoms with Gasteiger partial charge in [-0.2, -0.15) is 5.10 Å². The SMILES string of the molecule is O=C(O)c1ccc(Cn2ccc(C3CC3)n2)s1. The van der Waals surface area contributed by atoms with E-state index in [0.717, 1.165) is 4.88 Å². The molecule has 0 saturated heterocycles. The molecule has 3 rings (SSSR count). The van der Waals surface area contributed by atoms with E-state index in [1.165, 1.54) is 29.9 Å². The summed E-state index contributed by atoms with van der Waals surface area (Å²) in [6.45, 7) is 0.657. The maximum absolute atomic E-state index is 10.8. The van der Waals surface area contributed by atoms with Gasteiger partial charge in [-0.15, -0.1) is 11.3 Å². The number of aromatic nitrogens is 2. The summed E-state index contributed by atoms with van der Waals surface area (Å²) in [7, 11) is 0. The van der Waals surface area contributed by atoms with E-state index < -0.39 is 5.97 Å². The van der Waals surface area contributed by atoms with Crippen LogP contribution in [0, 0.1) is 0 Å². The van der Waals surface area contributed by atoms with Crippen LogP contribution in [0.25, 0.3) is 0 Å². The molecule has 0 atom stereocenters. The quantitative estimate of drug-likeness (QED) is 0.904. The molecule has 0 bridgehead atoms. The largest absolute Gasteiger partial charge is 0.477 e. The Bertz CT molecular complexity index is 554. The summed E-state index contributed by atoms with van der Waals surface area (Å²) in [5.74, 6) is -0.199. The van der Waals surface area contributed by atoms with Crippen LogP contribution in [-0.4, -0.2) is 20.9 Å². The zero-order chi connectivity index (χ0) is 11.8. The lowest BCUT2D eigenvalue weighted by atomic mass is 10.3. The first-order valence-corrected chi connectivity index (χ1v) is 6.39. The van der Waals surface area contributed by atoms with Gasteiger partial charge in [-0.1, -0.05) is 0 Å². The van der Waals surface area contributed by atoms with Crippen molar-refractivity contribution in [3.8, 4) is 0 Å². The molecule has 1 N–H and O–H groups in total. The first kappa shape index (κ1) is 10.5. The molecule has 5 heteroatoms. The molecule has 1 saturated carbocycles. The molecular weight excluding hydrogens is 236 g/mol. The standard InChI is InChI=1S/C12H12N2O2S/c15-12(16)11-4-3-9(17-11)7-14-6-5-10(13-14)8-1-2-8/h3-6,8H,1-2,7H2,(H,15,16). The van der Waals surface area contributed by atoms with Crippen molar-refractivity contribution in [1.82, 2.24) is 9.78 Å². The maximum Gasteiger partial charge on any atom is 0.345 e. The molecule has 0 aromatic carbocycles. The van der Waals surface area contributed by atoms with Gasteiger partial charge in [0.15, 0.2) is 0 Å². The first-order valence-electron chi connectivity index (χ1n) is 5.58. The van der Waals surface area contributed by atoms with Crippen molar-refractivity contribution in [2.45, 2.75) is 25.3 Å². The molecule has 2 aromatic heterocycles. The predicted molar refractivity (Wildman–Crippen MR) is 64.6 cm³/mol. The summed E-state index contributed by atoms with van der Waals surface area (Å²) in [4.78, 5) is 12.2. The Kier molecular flexibility index (Phi) is 2.48. The maximum atomic E-state index is 10.8. The summed E-state index contributed by atoms with van der Waals surface area (Å²) in [5.41, 5.74) is 1.17. The molecule has 0 amide bonds. The van der Waals surface area contributed by atoms with Crippen LogP contribution in [0.3, 0.4) is 0 Å². The fraction of sp³-hybridized carbons (Fsp3) is 0.333. The zero-order valence-electron chi connectivity index (χ0n) is 9.17. The predicted octanol–water partition coefficient (Wildman–Crippen LogP) is 2.57. The highest BCUT2D eigenvalue weighted by atomic mass is 32.1. The second-order valence-corrected chi connectivity index (χ2v) is 5.45. The van der Waals surface area contributed by atoms with E-state index in [2.05, 4.69) is 11.2 Å². The first-order chi connectivity index (χ1) is 8.22. The van der Waals surface area contributed by atoms with E-state index in [4.69, 9.17) is 5.11 Å². The van der Waals surface area contributed by atoms with Gasteiger partial charge in [-0.3, -0.25) is 4.68 Å². The minimum Gasteiger partial charge on any atom is -0.477 e. The molecule has 1 aliphatic rings. The highest BCUT2D eigenvalue weighted by Gasteiger charge is 2.25. The average Bonchev–Trinajstić information content (AvgIpc) is 2.87. The molecule has 17 heavy (non-hydrogen) atoms. The van der Waals surface area contributed by atoms with Crippen LogP contribution in [0.1, 0.15) is 39.0 Å². The fourth-order valence-corrected chi connectivity index (χ4v) is 2.64. The number of carboxylic acid groups (broad SMARTS) is 1. The van der Waals surface area contributed by atoms with Crippen molar-refractivity contribution in [1.29, 1.82) is 0 Å². The number of carboxylic acids is 1. The third-order valence-corrected chi connectivity index (χ3v) is 3.91. The molecule has 0 aliphatic heterocycles. The van der Waals surface area contributed by atoms with Crippen molar-refractivity contribution in [2.24, 2.45) is 0 Å². The van der Waals surface area contributed by atoms with Gasteiger partial charge in [-0.05, 0) is 31.0 Å². The molecule has 0 spiro atoms. The van der Waals surface area contributed by atoms with Crippen molar-refractivity contribution >= 4 is 17.3 Å². The Morgan fingerprint density at radius 3 is 2.94 bits per heavy atom. The van der Waals surface area contributed by atoms with Gasteiger partial charge in [0.2, 0.25) is 0 Å². The Hall–Kier alpha value is -1.62. The summed E-state index contributed by atoms with van der Waals surface area (Å²) in [6.07, 6.45) is 4.46. The van der Waals surface area contributed by atoms with Gasteiger partial charge < -0.3 is 5.11 Å². The summed E-state index contributed by atoms with van der Waals surface area (Å²) in [6, 6.07) is 5.56. The number of carbonyl (C=O) groups is 1. The van der Waals surface area contributed by atoms with Crippen molar-refractivity contribution in [2.75, 3.05) is 0 Å². The molecule has 0 unspecified atom stereocenters. The van der Waals surface area contributed by atoms with E-state index in [-0.39, 0.29) is 0 Å². The summed E-state index contributed by atoms with van der Waals surface area (Å²) < 4.78 is 1.88. The molecule has 2 heterocycles. The number of nitrogens with zero attached hydrogens (tertiary/aromatic N) is 2. The molecular formula is C12H12N2O2S. The fourth-order valence-electron chi connectivity index (χ4n) is 1.80. The summed E-state index contributed by atoms with van der Waals surface area (Å²) in [5, 5.41) is 13.3. The lowest BCUT2D eigenvalue weighted by Gasteiger charge is -1.97. The third kappa shape index (κ3) is 2.24. The van der Waals surface area contributed by atoms with E-state index >= 15 is 0 Å². The van der Waals surface area contributed by atoms with Crippen molar-refractivity contribution in [3.63, 3.8) is 0 Å². The highest BCUT2D eigenvalue weighted by molar-refractivity contribution is 7.13. The highest BCUT2D eigenvalue weighted by Crippen LogP contribution is 2.38. The number of thiophene rings is 1. The van der Waals surface area contributed by atoms with Crippen LogP contribution in [0.2, 0.25) is 0 Å². The van der Waals surface area contributed by atoms with E-state index in [0.29, 0.717) is 17.3 Å². The van der Waals surface area contributed by atoms with Crippen LogP contribution < -0.4 is 0 Å². The topological polar surface area (TPSA) is 55.1 Å². The van der Waals surface area contributed by atoms with Gasteiger partial charge in [0.05, 0.1) is 12.2 Å². The Labute approximate surface area is 103 Å². The Balaban J connectivity index is 1.73. The number of rotatable bonds is 4. The van der Waals surface area contributed by atoms with Gasteiger partial charge in [0.1, 0.15) is 4.88 Å². The zero-order valence-corrected chi connectivity index (χ0v) is 9.98. The number of hydrogen-bond acceptors (Lipinski definition) is 3. The molecule has 2 aromatic rings. The van der Waals surface area contributed by atoms with Crippen molar-refractivity contribution < 1.29 is 9.90 Å². The van der Waals surface area contributed by atoms with Crippen LogP contribution in [0.4, 0.5) is 0 Å². The lowest BCUT2D eigenvalue weighted by Crippen LogP contribution is -1.99. The van der Waals surface area contributed by atoms with Gasteiger partial charge in [0.25, 0.3) is 0 Å². The average molecular weight is 248 g/mol. The Morgan fingerprint density at radius 1 is 1.47 bits per heavy atom. The van der Waals surface area contributed by atoms with E-state index in [9.17, 15) is 4.79 Å². The van der Waals surface area contributed by atoms with E-state index in [1.807, 2.05) is 16.9 Å². The van der Waals surface area contributed by atoms with Gasteiger partial charge in [-0.25, -0.2) is 4.79 Å². The number of hydrogen-bond donors (Lipinski definition) is 1. The van der Waals surface area contributed by atoms with Crippen LogP contribution in [-0.2, 0) is 6.54 Å². The molecule has 1 fully saturated rings. The lowest BCUT2D eigenvalue weighted by molar-refractivity contribution is 0.0702. The minimum absolute atomic E-state index is 0.384. The van der Waals surface area contributed by atoms with Crippen LogP contribution in [0.15, 0.2) is 24.4 Å². The van der Waals surface area contributed by atoms with Crippen molar-refractivity contribution in [3.05, 3.63) is 39.8 Å². The van der Waals surface area contributed by atoms with E-state index in [1.54, 1.807) is 6.07 Å². The summed E-state index contributed by atoms with van der Waals surface area (Å²) >= 11 is 1.31. The second kappa shape index (κ2) is 4.00. The smallest absolute Gasteiger partial charge is 0.345 e. The monoisotopic (exact) mass is 248 g/mol. The van der Waals surface area contributed by atoms with Crippen LogP contribution in [0.5, 0.6) is 0 Å². The van der Waals surface area contributed by atoms with Gasteiger partial charge >= 0.3 is 5.97 Å². The molecule has 88 valence electrons. The van der Waals surface area contributed by atoms with Crippen LogP contribution >= 0.6 is 11.3 Å². The molecule has 0 radical (unpaired) electrons. The third-order valence-electron chi connectivity index (χ3n) is 2.85. The second-order valence-electron chi connectivity index (χ2n) is 4.28. The minimum atomic E-state index is -0.861. The molecule has 1 aliphatic carbocycles.